The van der Waals surface area contributed by atoms with Crippen molar-refractivity contribution in [3.05, 3.63) is 42.0 Å². The molecule has 1 aromatic carbocycles. The lowest BCUT2D eigenvalue weighted by atomic mass is 9.59. The third-order valence-corrected chi connectivity index (χ3v) is 6.97. The zero-order valence-corrected chi connectivity index (χ0v) is 16.3. The largest absolute Gasteiger partial charge is 0.467 e. The summed E-state index contributed by atoms with van der Waals surface area (Å²) in [5, 5.41) is 3.11. The van der Waals surface area contributed by atoms with Crippen molar-refractivity contribution in [3.63, 3.8) is 0 Å². The maximum atomic E-state index is 13.3. The average molecular weight is 396 g/mol. The second kappa shape index (κ2) is 6.61. The van der Waals surface area contributed by atoms with Crippen molar-refractivity contribution in [2.75, 3.05) is 13.7 Å². The van der Waals surface area contributed by atoms with Crippen molar-refractivity contribution < 1.29 is 23.9 Å². The molecule has 3 saturated carbocycles. The predicted molar refractivity (Wildman–Crippen MR) is 103 cm³/mol. The van der Waals surface area contributed by atoms with Crippen LogP contribution in [0.3, 0.4) is 0 Å². The summed E-state index contributed by atoms with van der Waals surface area (Å²) in [6, 6.07) is 6.64. The van der Waals surface area contributed by atoms with Crippen molar-refractivity contribution in [1.82, 2.24) is 10.2 Å². The Morgan fingerprint density at radius 3 is 2.86 bits per heavy atom. The number of ether oxygens (including phenoxy) is 2. The molecule has 2 heterocycles. The number of para-hydroxylation sites is 1. The number of carbonyl (C=O) groups is 3. The van der Waals surface area contributed by atoms with Gasteiger partial charge >= 0.3 is 5.97 Å². The molecule has 7 nitrogen and oxygen atoms in total. The second-order valence-corrected chi connectivity index (χ2v) is 8.41. The van der Waals surface area contributed by atoms with Gasteiger partial charge in [-0.2, -0.15) is 0 Å². The first-order chi connectivity index (χ1) is 14.0. The molecule has 152 valence electrons. The number of hydrogen-bond acceptors (Lipinski definition) is 5. The molecular weight excluding hydrogens is 372 g/mol. The maximum absolute atomic E-state index is 13.3. The number of methoxy groups -OCH3 is 1. The summed E-state index contributed by atoms with van der Waals surface area (Å²) in [5.74, 6) is 0.0893. The van der Waals surface area contributed by atoms with Gasteiger partial charge in [-0.1, -0.05) is 24.3 Å². The van der Waals surface area contributed by atoms with Crippen LogP contribution in [-0.2, 0) is 14.3 Å². The number of carbonyl (C=O) groups excluding carboxylic acids is 3. The number of esters is 1. The SMILES string of the molecule is COC(=O)C1C=CCN1C(=O)C1CC2CCC1CC21NC(=O)c2ccccc2O1. The molecule has 5 unspecified atom stereocenters. The summed E-state index contributed by atoms with van der Waals surface area (Å²) >= 11 is 0. The number of benzene rings is 1. The predicted octanol–water partition coefficient (Wildman–Crippen LogP) is 1.88. The van der Waals surface area contributed by atoms with Crippen LogP contribution in [0.4, 0.5) is 0 Å². The molecule has 2 amide bonds. The van der Waals surface area contributed by atoms with Crippen LogP contribution in [0.15, 0.2) is 36.4 Å². The molecule has 5 aliphatic rings. The molecule has 0 saturated heterocycles. The number of hydrogen-bond donors (Lipinski definition) is 1. The van der Waals surface area contributed by atoms with Crippen LogP contribution in [0.5, 0.6) is 5.75 Å². The minimum atomic E-state index is -0.740. The van der Waals surface area contributed by atoms with E-state index < -0.39 is 17.7 Å². The van der Waals surface area contributed by atoms with E-state index in [1.54, 1.807) is 17.0 Å². The van der Waals surface area contributed by atoms with Gasteiger partial charge in [0.25, 0.3) is 5.91 Å². The van der Waals surface area contributed by atoms with E-state index in [1.807, 2.05) is 24.3 Å². The molecule has 0 radical (unpaired) electrons. The van der Waals surface area contributed by atoms with Gasteiger partial charge in [0, 0.05) is 24.8 Å². The first-order valence-corrected chi connectivity index (χ1v) is 10.2. The van der Waals surface area contributed by atoms with Gasteiger partial charge in [-0.25, -0.2) is 4.79 Å². The van der Waals surface area contributed by atoms with Crippen LogP contribution in [0.2, 0.25) is 0 Å². The second-order valence-electron chi connectivity index (χ2n) is 8.41. The minimum absolute atomic E-state index is 0.00233. The molecule has 2 bridgehead atoms. The lowest BCUT2D eigenvalue weighted by Crippen LogP contribution is -2.67. The Labute approximate surface area is 169 Å². The van der Waals surface area contributed by atoms with Crippen LogP contribution in [-0.4, -0.2) is 48.1 Å². The minimum Gasteiger partial charge on any atom is -0.467 e. The third-order valence-electron chi connectivity index (χ3n) is 6.97. The molecule has 29 heavy (non-hydrogen) atoms. The van der Waals surface area contributed by atoms with Crippen LogP contribution in [0.1, 0.15) is 36.0 Å². The van der Waals surface area contributed by atoms with Gasteiger partial charge in [-0.3, -0.25) is 9.59 Å². The average Bonchev–Trinajstić information content (AvgIpc) is 3.23. The van der Waals surface area contributed by atoms with E-state index in [9.17, 15) is 14.4 Å². The molecule has 1 aromatic rings. The highest BCUT2D eigenvalue weighted by Gasteiger charge is 2.57. The van der Waals surface area contributed by atoms with E-state index in [1.165, 1.54) is 7.11 Å². The lowest BCUT2D eigenvalue weighted by Gasteiger charge is -2.55. The Bertz CT molecular complexity index is 912. The number of amides is 2. The van der Waals surface area contributed by atoms with Gasteiger partial charge < -0.3 is 19.7 Å². The first-order valence-electron chi connectivity index (χ1n) is 10.2. The van der Waals surface area contributed by atoms with Crippen molar-refractivity contribution >= 4 is 17.8 Å². The first kappa shape index (κ1) is 18.2. The Morgan fingerprint density at radius 1 is 1.28 bits per heavy atom. The van der Waals surface area contributed by atoms with Crippen LogP contribution in [0.25, 0.3) is 0 Å². The lowest BCUT2D eigenvalue weighted by molar-refractivity contribution is -0.161. The fourth-order valence-electron chi connectivity index (χ4n) is 5.55. The van der Waals surface area contributed by atoms with Crippen LogP contribution >= 0.6 is 0 Å². The zero-order chi connectivity index (χ0) is 20.2. The molecule has 1 N–H and O–H groups in total. The molecular formula is C22H24N2O5. The number of nitrogens with zero attached hydrogens (tertiary/aromatic N) is 1. The highest BCUT2D eigenvalue weighted by molar-refractivity contribution is 5.98. The van der Waals surface area contributed by atoms with E-state index >= 15 is 0 Å². The Balaban J connectivity index is 1.37. The standard InChI is InChI=1S/C22H24N2O5/c1-28-21(27)17-6-4-10-24(17)20(26)16-11-14-9-8-13(16)12-22(14)23-19(25)15-5-2-3-7-18(15)29-22/h2-7,13-14,16-17H,8-12H2,1H3,(H,23,25). The molecule has 0 aromatic heterocycles. The highest BCUT2D eigenvalue weighted by atomic mass is 16.5. The van der Waals surface area contributed by atoms with Gasteiger partial charge in [0.15, 0.2) is 5.72 Å². The summed E-state index contributed by atoms with van der Waals surface area (Å²) < 4.78 is 11.2. The van der Waals surface area contributed by atoms with Crippen molar-refractivity contribution in [3.8, 4) is 5.75 Å². The van der Waals surface area contributed by atoms with E-state index in [0.29, 0.717) is 30.7 Å². The van der Waals surface area contributed by atoms with Gasteiger partial charge in [-0.15, -0.1) is 0 Å². The van der Waals surface area contributed by atoms with E-state index in [2.05, 4.69) is 5.32 Å². The van der Waals surface area contributed by atoms with Crippen LogP contribution in [0, 0.1) is 17.8 Å². The Morgan fingerprint density at radius 2 is 2.10 bits per heavy atom. The summed E-state index contributed by atoms with van der Waals surface area (Å²) in [6.07, 6.45) is 6.66. The summed E-state index contributed by atoms with van der Waals surface area (Å²) in [6.45, 7) is 0.429. The Kier molecular flexibility index (Phi) is 4.15. The monoisotopic (exact) mass is 396 g/mol. The van der Waals surface area contributed by atoms with Crippen molar-refractivity contribution in [2.45, 2.75) is 37.5 Å². The zero-order valence-electron chi connectivity index (χ0n) is 16.3. The van der Waals surface area contributed by atoms with Crippen molar-refractivity contribution in [1.29, 1.82) is 0 Å². The smallest absolute Gasteiger partial charge is 0.332 e. The highest BCUT2D eigenvalue weighted by Crippen LogP contribution is 2.53. The normalized spacial score (nSPS) is 34.5. The van der Waals surface area contributed by atoms with E-state index in [-0.39, 0.29) is 29.6 Å². The molecule has 6 rings (SSSR count). The Hall–Kier alpha value is -2.83. The molecule has 3 aliphatic carbocycles. The fourth-order valence-corrected chi connectivity index (χ4v) is 5.55. The number of fused-ring (bicyclic) bond motifs is 3. The molecule has 2 aliphatic heterocycles. The van der Waals surface area contributed by atoms with Gasteiger partial charge in [0.1, 0.15) is 11.8 Å². The van der Waals surface area contributed by atoms with Gasteiger partial charge in [-0.05, 0) is 37.3 Å². The molecule has 7 heteroatoms. The van der Waals surface area contributed by atoms with Gasteiger partial charge in [0.2, 0.25) is 5.91 Å². The molecule has 5 atom stereocenters. The quantitative estimate of drug-likeness (QED) is 0.610. The maximum Gasteiger partial charge on any atom is 0.332 e. The number of nitrogens with one attached hydrogen (secondary N) is 1. The molecule has 3 fully saturated rings. The summed E-state index contributed by atoms with van der Waals surface area (Å²) in [7, 11) is 1.34. The third kappa shape index (κ3) is 2.74. The topological polar surface area (TPSA) is 84.9 Å². The van der Waals surface area contributed by atoms with E-state index in [0.717, 1.165) is 12.8 Å². The molecule has 1 spiro atoms. The van der Waals surface area contributed by atoms with Crippen molar-refractivity contribution in [2.24, 2.45) is 17.8 Å². The van der Waals surface area contributed by atoms with Crippen LogP contribution < -0.4 is 10.1 Å². The van der Waals surface area contributed by atoms with E-state index in [4.69, 9.17) is 9.47 Å². The summed E-state index contributed by atoms with van der Waals surface area (Å²) in [4.78, 5) is 39.6. The van der Waals surface area contributed by atoms with Gasteiger partial charge in [0.05, 0.1) is 12.7 Å². The summed E-state index contributed by atoms with van der Waals surface area (Å²) in [5.41, 5.74) is -0.188. The number of rotatable bonds is 2. The fraction of sp³-hybridized carbons (Fsp3) is 0.500.